The minimum Gasteiger partial charge on any atom is -0.348 e. The summed E-state index contributed by atoms with van der Waals surface area (Å²) in [7, 11) is 0. The van der Waals surface area contributed by atoms with Gasteiger partial charge in [0.05, 0.1) is 11.6 Å². The summed E-state index contributed by atoms with van der Waals surface area (Å²) in [6.07, 6.45) is 8.87. The predicted molar refractivity (Wildman–Crippen MR) is 123 cm³/mol. The van der Waals surface area contributed by atoms with Crippen LogP contribution in [-0.2, 0) is 4.79 Å². The first-order valence-corrected chi connectivity index (χ1v) is 11.0. The summed E-state index contributed by atoms with van der Waals surface area (Å²) in [4.78, 5) is 37.1. The molecule has 1 aromatic carbocycles. The minimum absolute atomic E-state index is 0.163. The van der Waals surface area contributed by atoms with Crippen LogP contribution < -0.4 is 10.6 Å². The van der Waals surface area contributed by atoms with Crippen LogP contribution in [0.15, 0.2) is 55.1 Å². The lowest BCUT2D eigenvalue weighted by atomic mass is 10.0. The number of pyridine rings is 2. The molecule has 1 saturated carbocycles. The van der Waals surface area contributed by atoms with Crippen molar-refractivity contribution in [1.29, 1.82) is 5.26 Å². The number of benzene rings is 1. The van der Waals surface area contributed by atoms with Gasteiger partial charge in [0.2, 0.25) is 5.91 Å². The average Bonchev–Trinajstić information content (AvgIpc) is 3.56. The van der Waals surface area contributed by atoms with E-state index in [2.05, 4.69) is 31.7 Å². The first kappa shape index (κ1) is 21.5. The zero-order valence-corrected chi connectivity index (χ0v) is 18.1. The molecule has 1 aliphatic carbocycles. The second-order valence-electron chi connectivity index (χ2n) is 8.49. The third-order valence-electron chi connectivity index (χ3n) is 6.05. The third kappa shape index (κ3) is 4.30. The number of aromatic nitrogens is 3. The lowest BCUT2D eigenvalue weighted by molar-refractivity contribution is -0.123. The number of nitriles is 1. The van der Waals surface area contributed by atoms with Crippen molar-refractivity contribution < 1.29 is 14.0 Å². The number of hydrogen-bond acceptors (Lipinski definition) is 5. The maximum atomic E-state index is 14.0. The molecule has 0 saturated heterocycles. The van der Waals surface area contributed by atoms with Gasteiger partial charge in [-0.1, -0.05) is 25.0 Å². The summed E-state index contributed by atoms with van der Waals surface area (Å²) in [5.74, 6) is -1.09. The second kappa shape index (κ2) is 8.90. The summed E-state index contributed by atoms with van der Waals surface area (Å²) in [6, 6.07) is 8.22. The molecule has 0 aliphatic heterocycles. The SMILES string of the molecule is N#CC(NC(=O)C(CC1CC1)NC(=O)c1cc2cccc(F)c2[nH]1)c1cncc2cnccc12. The minimum atomic E-state index is -0.952. The van der Waals surface area contributed by atoms with Crippen molar-refractivity contribution in [1.82, 2.24) is 25.6 Å². The molecule has 1 fully saturated rings. The normalized spacial score (nSPS) is 14.9. The van der Waals surface area contributed by atoms with Crippen molar-refractivity contribution >= 4 is 33.5 Å². The van der Waals surface area contributed by atoms with Gasteiger partial charge in [-0.15, -0.1) is 0 Å². The average molecular weight is 456 g/mol. The van der Waals surface area contributed by atoms with E-state index in [0.717, 1.165) is 23.6 Å². The van der Waals surface area contributed by atoms with Crippen molar-refractivity contribution in [3.63, 3.8) is 0 Å². The number of nitrogens with zero attached hydrogens (tertiary/aromatic N) is 3. The Morgan fingerprint density at radius 1 is 1.15 bits per heavy atom. The lowest BCUT2D eigenvalue weighted by Gasteiger charge is -2.21. The highest BCUT2D eigenvalue weighted by molar-refractivity contribution is 6.00. The van der Waals surface area contributed by atoms with E-state index in [-0.39, 0.29) is 11.2 Å². The van der Waals surface area contributed by atoms with Crippen molar-refractivity contribution in [2.45, 2.75) is 31.3 Å². The summed E-state index contributed by atoms with van der Waals surface area (Å²) >= 11 is 0. The van der Waals surface area contributed by atoms with Crippen LogP contribution in [0.4, 0.5) is 4.39 Å². The Morgan fingerprint density at radius 3 is 2.74 bits per heavy atom. The van der Waals surface area contributed by atoms with E-state index in [0.29, 0.717) is 23.3 Å². The number of aromatic amines is 1. The fraction of sp³-hybridized carbons (Fsp3) is 0.240. The number of rotatable bonds is 7. The Balaban J connectivity index is 1.37. The van der Waals surface area contributed by atoms with Gasteiger partial charge in [0.25, 0.3) is 5.91 Å². The van der Waals surface area contributed by atoms with Crippen molar-refractivity contribution in [3.8, 4) is 6.07 Å². The fourth-order valence-electron chi connectivity index (χ4n) is 4.09. The molecule has 5 rings (SSSR count). The molecule has 3 N–H and O–H groups in total. The number of H-pyrrole nitrogens is 1. The topological polar surface area (TPSA) is 124 Å². The zero-order chi connectivity index (χ0) is 23.7. The number of carbonyl (C=O) groups excluding carboxylic acids is 2. The number of hydrogen-bond donors (Lipinski definition) is 3. The molecule has 0 bridgehead atoms. The Hall–Kier alpha value is -4.32. The van der Waals surface area contributed by atoms with Gasteiger partial charge in [-0.3, -0.25) is 19.6 Å². The molecular weight excluding hydrogens is 435 g/mol. The standard InChI is InChI=1S/C25H21FN6O2/c26-19-3-1-2-15-9-21(30-23(15)19)25(34)31-20(8-14-4-5-14)24(33)32-22(10-27)18-13-29-12-16-11-28-7-6-17(16)18/h1-3,6-7,9,11-14,20,22,30H,4-5,8H2,(H,31,34)(H,32,33). The molecule has 2 atom stereocenters. The maximum Gasteiger partial charge on any atom is 0.268 e. The second-order valence-corrected chi connectivity index (χ2v) is 8.49. The van der Waals surface area contributed by atoms with Crippen molar-refractivity contribution in [3.05, 3.63) is 72.2 Å². The molecule has 4 aromatic rings. The van der Waals surface area contributed by atoms with Crippen molar-refractivity contribution in [2.75, 3.05) is 0 Å². The van der Waals surface area contributed by atoms with E-state index in [1.807, 2.05) is 0 Å². The van der Waals surface area contributed by atoms with Gasteiger partial charge < -0.3 is 15.6 Å². The number of carbonyl (C=O) groups is 2. The van der Waals surface area contributed by atoms with E-state index in [4.69, 9.17) is 0 Å². The molecule has 3 heterocycles. The van der Waals surface area contributed by atoms with Gasteiger partial charge >= 0.3 is 0 Å². The molecule has 1 aliphatic rings. The van der Waals surface area contributed by atoms with Crippen LogP contribution in [0, 0.1) is 23.1 Å². The summed E-state index contributed by atoms with van der Waals surface area (Å²) in [6.45, 7) is 0. The highest BCUT2D eigenvalue weighted by atomic mass is 19.1. The van der Waals surface area contributed by atoms with Crippen LogP contribution in [0.3, 0.4) is 0 Å². The Labute approximate surface area is 194 Å². The number of para-hydroxylation sites is 1. The Bertz CT molecular complexity index is 1430. The summed E-state index contributed by atoms with van der Waals surface area (Å²) in [5.41, 5.74) is 0.952. The quantitative estimate of drug-likeness (QED) is 0.393. The molecule has 9 heteroatoms. The van der Waals surface area contributed by atoms with Crippen LogP contribution in [-0.4, -0.2) is 32.8 Å². The molecule has 0 radical (unpaired) electrons. The highest BCUT2D eigenvalue weighted by Crippen LogP contribution is 2.34. The van der Waals surface area contributed by atoms with E-state index < -0.39 is 29.7 Å². The largest absolute Gasteiger partial charge is 0.348 e. The van der Waals surface area contributed by atoms with Crippen LogP contribution >= 0.6 is 0 Å². The van der Waals surface area contributed by atoms with Gasteiger partial charge in [-0.2, -0.15) is 5.26 Å². The maximum absolute atomic E-state index is 14.0. The monoisotopic (exact) mass is 456 g/mol. The molecule has 8 nitrogen and oxygen atoms in total. The zero-order valence-electron chi connectivity index (χ0n) is 18.1. The Morgan fingerprint density at radius 2 is 1.97 bits per heavy atom. The Kier molecular flexibility index (Phi) is 5.64. The molecule has 34 heavy (non-hydrogen) atoms. The van der Waals surface area contributed by atoms with Gasteiger partial charge in [0.1, 0.15) is 23.6 Å². The van der Waals surface area contributed by atoms with Gasteiger partial charge in [-0.25, -0.2) is 4.39 Å². The van der Waals surface area contributed by atoms with Crippen LogP contribution in [0.2, 0.25) is 0 Å². The molecule has 170 valence electrons. The van der Waals surface area contributed by atoms with E-state index >= 15 is 0 Å². The number of amides is 2. The molecule has 0 spiro atoms. The van der Waals surface area contributed by atoms with Crippen LogP contribution in [0.5, 0.6) is 0 Å². The van der Waals surface area contributed by atoms with Crippen LogP contribution in [0.25, 0.3) is 21.7 Å². The molecule has 2 amide bonds. The van der Waals surface area contributed by atoms with E-state index in [9.17, 15) is 19.2 Å². The number of fused-ring (bicyclic) bond motifs is 2. The predicted octanol–water partition coefficient (Wildman–Crippen LogP) is 3.53. The fourth-order valence-corrected chi connectivity index (χ4v) is 4.09. The number of nitrogens with one attached hydrogen (secondary N) is 3. The summed E-state index contributed by atoms with van der Waals surface area (Å²) in [5, 5.41) is 17.4. The molecule has 3 aromatic heterocycles. The first-order chi connectivity index (χ1) is 16.5. The molecule has 2 unspecified atom stereocenters. The van der Waals surface area contributed by atoms with Crippen molar-refractivity contribution in [2.24, 2.45) is 5.92 Å². The highest BCUT2D eigenvalue weighted by Gasteiger charge is 2.32. The van der Waals surface area contributed by atoms with Crippen LogP contribution in [0.1, 0.15) is 41.4 Å². The third-order valence-corrected chi connectivity index (χ3v) is 6.05. The van der Waals surface area contributed by atoms with Gasteiger partial charge in [-0.05, 0) is 35.9 Å². The smallest absolute Gasteiger partial charge is 0.268 e. The lowest BCUT2D eigenvalue weighted by Crippen LogP contribution is -2.48. The number of halogens is 1. The first-order valence-electron chi connectivity index (χ1n) is 11.0. The molecular formula is C25H21FN6O2. The van der Waals surface area contributed by atoms with Gasteiger partial charge in [0.15, 0.2) is 0 Å². The summed E-state index contributed by atoms with van der Waals surface area (Å²) < 4.78 is 14.0. The van der Waals surface area contributed by atoms with Gasteiger partial charge in [0, 0.05) is 41.1 Å². The van der Waals surface area contributed by atoms with E-state index in [1.165, 1.54) is 6.07 Å². The van der Waals surface area contributed by atoms with E-state index in [1.54, 1.807) is 49.1 Å².